The van der Waals surface area contributed by atoms with Gasteiger partial charge in [-0.05, 0) is 17.7 Å². The zero-order valence-corrected chi connectivity index (χ0v) is 13.7. The summed E-state index contributed by atoms with van der Waals surface area (Å²) in [5.41, 5.74) is 2.33. The van der Waals surface area contributed by atoms with E-state index < -0.39 is 0 Å². The maximum absolute atomic E-state index is 12.4. The van der Waals surface area contributed by atoms with Crippen molar-refractivity contribution in [3.63, 3.8) is 0 Å². The van der Waals surface area contributed by atoms with Gasteiger partial charge in [-0.1, -0.05) is 11.6 Å². The fourth-order valence-corrected chi connectivity index (χ4v) is 3.73. The Morgan fingerprint density at radius 1 is 1.26 bits per heavy atom. The van der Waals surface area contributed by atoms with E-state index in [-0.39, 0.29) is 5.43 Å². The van der Waals surface area contributed by atoms with Crippen molar-refractivity contribution in [1.29, 1.82) is 0 Å². The Morgan fingerprint density at radius 3 is 2.87 bits per heavy atom. The van der Waals surface area contributed by atoms with Gasteiger partial charge in [0.2, 0.25) is 5.43 Å². The van der Waals surface area contributed by atoms with Gasteiger partial charge in [-0.2, -0.15) is 0 Å². The molecule has 4 heterocycles. The number of ether oxygens (including phenoxy) is 1. The van der Waals surface area contributed by atoms with Gasteiger partial charge in [0.15, 0.2) is 11.5 Å². The summed E-state index contributed by atoms with van der Waals surface area (Å²) >= 11 is 7.36. The molecule has 0 spiro atoms. The normalized spacial score (nSPS) is 15.3. The van der Waals surface area contributed by atoms with Gasteiger partial charge in [-0.3, -0.25) is 4.79 Å². The molecule has 0 bridgehead atoms. The average Bonchev–Trinajstić information content (AvgIpc) is 3.00. The molecule has 0 N–H and O–H groups in total. The Balaban J connectivity index is 1.86. The molecule has 0 aromatic carbocycles. The molecule has 0 atom stereocenters. The summed E-state index contributed by atoms with van der Waals surface area (Å²) in [5, 5.41) is 2.33. The molecular weight excluding hydrogens is 336 g/mol. The van der Waals surface area contributed by atoms with Gasteiger partial charge in [0.1, 0.15) is 9.85 Å². The SMILES string of the molecule is O=c1cc(N2CCOCC2)oc2c(-c3ccnc(Cl)c3)csc12. The number of morpholine rings is 1. The molecule has 4 rings (SSSR count). The second-order valence-corrected chi connectivity index (χ2v) is 6.49. The number of hydrogen-bond acceptors (Lipinski definition) is 6. The van der Waals surface area contributed by atoms with E-state index in [4.69, 9.17) is 20.8 Å². The van der Waals surface area contributed by atoms with Crippen LogP contribution in [0.3, 0.4) is 0 Å². The molecule has 3 aromatic heterocycles. The minimum atomic E-state index is -0.0239. The predicted molar refractivity (Wildman–Crippen MR) is 91.6 cm³/mol. The molecule has 7 heteroatoms. The molecule has 1 aliphatic rings. The van der Waals surface area contributed by atoms with Crippen molar-refractivity contribution in [2.24, 2.45) is 0 Å². The molecule has 0 unspecified atom stereocenters. The number of rotatable bonds is 2. The largest absolute Gasteiger partial charge is 0.439 e. The van der Waals surface area contributed by atoms with Crippen LogP contribution in [0.5, 0.6) is 0 Å². The Bertz CT molecular complexity index is 915. The lowest BCUT2D eigenvalue weighted by atomic mass is 10.1. The first-order valence-corrected chi connectivity index (χ1v) is 8.48. The van der Waals surface area contributed by atoms with Crippen LogP contribution in [0, 0.1) is 0 Å². The molecule has 0 aliphatic carbocycles. The van der Waals surface area contributed by atoms with Crippen LogP contribution >= 0.6 is 22.9 Å². The summed E-state index contributed by atoms with van der Waals surface area (Å²) in [6.07, 6.45) is 1.64. The summed E-state index contributed by atoms with van der Waals surface area (Å²) in [4.78, 5) is 18.4. The topological polar surface area (TPSA) is 55.6 Å². The fourth-order valence-electron chi connectivity index (χ4n) is 2.64. The van der Waals surface area contributed by atoms with Crippen molar-refractivity contribution >= 4 is 39.1 Å². The van der Waals surface area contributed by atoms with E-state index >= 15 is 0 Å². The second kappa shape index (κ2) is 5.96. The van der Waals surface area contributed by atoms with Gasteiger partial charge in [0.05, 0.1) is 13.2 Å². The Kier molecular flexibility index (Phi) is 3.80. The lowest BCUT2D eigenvalue weighted by molar-refractivity contribution is 0.121. The Labute approximate surface area is 141 Å². The number of nitrogens with zero attached hydrogens (tertiary/aromatic N) is 2. The molecule has 1 saturated heterocycles. The number of thiophene rings is 1. The number of fused-ring (bicyclic) bond motifs is 1. The Morgan fingerprint density at radius 2 is 2.09 bits per heavy atom. The molecule has 118 valence electrons. The first-order chi connectivity index (χ1) is 11.2. The maximum Gasteiger partial charge on any atom is 0.204 e. The summed E-state index contributed by atoms with van der Waals surface area (Å²) in [5.74, 6) is 0.589. The highest BCUT2D eigenvalue weighted by molar-refractivity contribution is 7.17. The number of aromatic nitrogens is 1. The smallest absolute Gasteiger partial charge is 0.204 e. The third kappa shape index (κ3) is 2.73. The fraction of sp³-hybridized carbons (Fsp3) is 0.250. The van der Waals surface area contributed by atoms with Crippen LogP contribution in [0.15, 0.2) is 39.0 Å². The van der Waals surface area contributed by atoms with E-state index in [1.807, 2.05) is 16.3 Å². The van der Waals surface area contributed by atoms with Crippen LogP contribution in [0.4, 0.5) is 5.88 Å². The minimum Gasteiger partial charge on any atom is -0.439 e. The zero-order chi connectivity index (χ0) is 15.8. The van der Waals surface area contributed by atoms with Gasteiger partial charge in [-0.15, -0.1) is 11.3 Å². The quantitative estimate of drug-likeness (QED) is 0.664. The highest BCUT2D eigenvalue weighted by Gasteiger charge is 2.18. The second-order valence-electron chi connectivity index (χ2n) is 5.22. The van der Waals surface area contributed by atoms with Crippen molar-refractivity contribution in [3.8, 4) is 11.1 Å². The van der Waals surface area contributed by atoms with Crippen molar-refractivity contribution in [3.05, 3.63) is 45.2 Å². The monoisotopic (exact) mass is 348 g/mol. The van der Waals surface area contributed by atoms with Crippen LogP contribution < -0.4 is 10.3 Å². The molecule has 1 fully saturated rings. The van der Waals surface area contributed by atoms with E-state index in [2.05, 4.69) is 4.98 Å². The standard InChI is InChI=1S/C16H13ClN2O3S/c17-13-7-10(1-2-18-13)11-9-23-16-12(20)8-14(22-15(11)16)19-3-5-21-6-4-19/h1-2,7-9H,3-6H2. The zero-order valence-electron chi connectivity index (χ0n) is 12.1. The van der Waals surface area contributed by atoms with Gasteiger partial charge in [-0.25, -0.2) is 4.98 Å². The molecule has 3 aromatic rings. The van der Waals surface area contributed by atoms with E-state index in [9.17, 15) is 4.79 Å². The van der Waals surface area contributed by atoms with Gasteiger partial charge >= 0.3 is 0 Å². The lowest BCUT2D eigenvalue weighted by Crippen LogP contribution is -2.36. The predicted octanol–water partition coefficient (Wildman–Crippen LogP) is 3.41. The summed E-state index contributed by atoms with van der Waals surface area (Å²) < 4.78 is 12.0. The third-order valence-corrected chi connectivity index (χ3v) is 4.97. The van der Waals surface area contributed by atoms with Gasteiger partial charge in [0.25, 0.3) is 0 Å². The van der Waals surface area contributed by atoms with E-state index in [1.54, 1.807) is 18.3 Å². The highest BCUT2D eigenvalue weighted by atomic mass is 35.5. The number of hydrogen-bond donors (Lipinski definition) is 0. The molecule has 5 nitrogen and oxygen atoms in total. The molecule has 0 saturated carbocycles. The van der Waals surface area contributed by atoms with E-state index in [1.165, 1.54) is 11.3 Å². The summed E-state index contributed by atoms with van der Waals surface area (Å²) in [6, 6.07) is 5.19. The summed E-state index contributed by atoms with van der Waals surface area (Å²) in [7, 11) is 0. The first kappa shape index (κ1) is 14.7. The lowest BCUT2D eigenvalue weighted by Gasteiger charge is -2.27. The molecular formula is C16H13ClN2O3S. The van der Waals surface area contributed by atoms with Crippen LogP contribution in [0.2, 0.25) is 5.15 Å². The number of pyridine rings is 1. The van der Waals surface area contributed by atoms with Gasteiger partial charge in [0, 0.05) is 36.3 Å². The average molecular weight is 349 g/mol. The van der Waals surface area contributed by atoms with Crippen LogP contribution in [0.1, 0.15) is 0 Å². The van der Waals surface area contributed by atoms with Crippen LogP contribution in [-0.4, -0.2) is 31.3 Å². The third-order valence-electron chi connectivity index (χ3n) is 3.79. The molecule has 0 amide bonds. The number of halogens is 1. The van der Waals surface area contributed by atoms with E-state index in [0.29, 0.717) is 34.5 Å². The van der Waals surface area contributed by atoms with Crippen LogP contribution in [0.25, 0.3) is 21.4 Å². The molecule has 0 radical (unpaired) electrons. The molecule has 1 aliphatic heterocycles. The minimum absolute atomic E-state index is 0.0239. The molecule has 23 heavy (non-hydrogen) atoms. The van der Waals surface area contributed by atoms with E-state index in [0.717, 1.165) is 24.2 Å². The van der Waals surface area contributed by atoms with Crippen molar-refractivity contribution in [2.75, 3.05) is 31.2 Å². The highest BCUT2D eigenvalue weighted by Crippen LogP contribution is 2.35. The maximum atomic E-state index is 12.4. The number of anilines is 1. The van der Waals surface area contributed by atoms with Gasteiger partial charge < -0.3 is 14.1 Å². The Hall–Kier alpha value is -1.89. The van der Waals surface area contributed by atoms with Crippen LogP contribution in [-0.2, 0) is 4.74 Å². The first-order valence-electron chi connectivity index (χ1n) is 7.22. The van der Waals surface area contributed by atoms with Crippen molar-refractivity contribution in [1.82, 2.24) is 4.98 Å². The summed E-state index contributed by atoms with van der Waals surface area (Å²) in [6.45, 7) is 2.71. The van der Waals surface area contributed by atoms with Crippen molar-refractivity contribution < 1.29 is 9.15 Å². The van der Waals surface area contributed by atoms with Crippen molar-refractivity contribution in [2.45, 2.75) is 0 Å².